The van der Waals surface area contributed by atoms with Gasteiger partial charge in [0.2, 0.25) is 5.91 Å². The van der Waals surface area contributed by atoms with E-state index in [2.05, 4.69) is 32.7 Å². The van der Waals surface area contributed by atoms with Crippen molar-refractivity contribution in [2.75, 3.05) is 13.1 Å². The Labute approximate surface area is 156 Å². The van der Waals surface area contributed by atoms with Crippen molar-refractivity contribution in [3.63, 3.8) is 0 Å². The number of thiazole rings is 1. The molecule has 2 atom stereocenters. The summed E-state index contributed by atoms with van der Waals surface area (Å²) in [4.78, 5) is 19.1. The predicted molar refractivity (Wildman–Crippen MR) is 102 cm³/mol. The molecule has 1 amide bonds. The van der Waals surface area contributed by atoms with Gasteiger partial charge in [-0.3, -0.25) is 4.79 Å². The number of nitrogens with two attached hydrogens (primary N) is 1. The summed E-state index contributed by atoms with van der Waals surface area (Å²) in [5, 5.41) is 3.11. The maximum absolute atomic E-state index is 12.5. The fourth-order valence-electron chi connectivity index (χ4n) is 2.79. The number of piperidine rings is 1. The van der Waals surface area contributed by atoms with Crippen molar-refractivity contribution in [2.24, 2.45) is 11.7 Å². The van der Waals surface area contributed by atoms with Crippen LogP contribution in [0.3, 0.4) is 0 Å². The summed E-state index contributed by atoms with van der Waals surface area (Å²) in [5.74, 6) is 0.831. The van der Waals surface area contributed by atoms with Gasteiger partial charge in [0.25, 0.3) is 0 Å². The number of hydrogen-bond donors (Lipinski definition) is 1. The van der Waals surface area contributed by atoms with E-state index in [1.54, 1.807) is 11.3 Å². The molecule has 0 aromatic carbocycles. The van der Waals surface area contributed by atoms with Crippen molar-refractivity contribution < 1.29 is 4.79 Å². The monoisotopic (exact) mass is 381 g/mol. The van der Waals surface area contributed by atoms with Crippen molar-refractivity contribution in [3.05, 3.63) is 16.1 Å². The SMILES string of the molecule is CC1CCN(C(=O)Cc2csc(C(C)(C)C)n2)C(CN)C1.Cl.Cl. The molecule has 0 bridgehead atoms. The Bertz CT molecular complexity index is 502. The van der Waals surface area contributed by atoms with Crippen molar-refractivity contribution in [3.8, 4) is 0 Å². The van der Waals surface area contributed by atoms with Crippen LogP contribution in [0.1, 0.15) is 51.2 Å². The minimum Gasteiger partial charge on any atom is -0.338 e. The third-order valence-corrected chi connectivity index (χ3v) is 5.41. The molecule has 1 aliphatic heterocycles. The summed E-state index contributed by atoms with van der Waals surface area (Å²) in [6, 6.07) is 0.196. The lowest BCUT2D eigenvalue weighted by Crippen LogP contribution is -2.49. The second-order valence-electron chi connectivity index (χ2n) is 7.18. The predicted octanol–water partition coefficient (Wildman–Crippen LogP) is 3.41. The average Bonchev–Trinajstić information content (AvgIpc) is 2.86. The molecule has 1 saturated heterocycles. The fraction of sp³-hybridized carbons (Fsp3) is 0.750. The number of hydrogen-bond acceptors (Lipinski definition) is 4. The number of rotatable bonds is 3. The number of nitrogens with zero attached hydrogens (tertiary/aromatic N) is 2. The quantitative estimate of drug-likeness (QED) is 0.872. The number of carbonyl (C=O) groups is 1. The van der Waals surface area contributed by atoms with Gasteiger partial charge >= 0.3 is 0 Å². The molecule has 0 saturated carbocycles. The molecule has 2 heterocycles. The lowest BCUT2D eigenvalue weighted by Gasteiger charge is -2.38. The highest BCUT2D eigenvalue weighted by Gasteiger charge is 2.29. The average molecular weight is 382 g/mol. The van der Waals surface area contributed by atoms with Gasteiger partial charge in [-0.2, -0.15) is 0 Å². The van der Waals surface area contributed by atoms with Crippen molar-refractivity contribution in [2.45, 2.75) is 58.4 Å². The lowest BCUT2D eigenvalue weighted by atomic mass is 9.92. The Kier molecular flexibility index (Phi) is 9.06. The molecule has 1 aromatic heterocycles. The molecule has 7 heteroatoms. The van der Waals surface area contributed by atoms with Gasteiger partial charge < -0.3 is 10.6 Å². The molecule has 0 spiro atoms. The molecule has 23 heavy (non-hydrogen) atoms. The van der Waals surface area contributed by atoms with E-state index in [0.717, 1.165) is 30.1 Å². The van der Waals surface area contributed by atoms with Crippen molar-refractivity contribution in [1.82, 2.24) is 9.88 Å². The van der Waals surface area contributed by atoms with Gasteiger partial charge in [0, 0.05) is 29.9 Å². The summed E-state index contributed by atoms with van der Waals surface area (Å²) in [7, 11) is 0. The van der Waals surface area contributed by atoms with Gasteiger partial charge in [0.05, 0.1) is 17.1 Å². The zero-order valence-corrected chi connectivity index (χ0v) is 16.8. The molecule has 1 fully saturated rings. The number of carbonyl (C=O) groups excluding carboxylic acids is 1. The second kappa shape index (κ2) is 9.21. The molecule has 2 rings (SSSR count). The maximum atomic E-state index is 12.5. The summed E-state index contributed by atoms with van der Waals surface area (Å²) >= 11 is 1.65. The summed E-state index contributed by atoms with van der Waals surface area (Å²) in [6.45, 7) is 10.1. The molecule has 4 nitrogen and oxygen atoms in total. The molecule has 2 N–H and O–H groups in total. The molecule has 0 radical (unpaired) electrons. The van der Waals surface area contributed by atoms with Crippen LogP contribution in [0.2, 0.25) is 0 Å². The summed E-state index contributed by atoms with van der Waals surface area (Å²) in [6.07, 6.45) is 2.50. The van der Waals surface area contributed by atoms with Crippen LogP contribution in [0, 0.1) is 5.92 Å². The van der Waals surface area contributed by atoms with Crippen LogP contribution in [0.25, 0.3) is 0 Å². The standard InChI is InChI=1S/C16H27N3OS.2ClH/c1-11-5-6-19(13(7-11)9-17)14(20)8-12-10-21-15(18-12)16(2,3)4;;/h10-11,13H,5-9,17H2,1-4H3;2*1H. The van der Waals surface area contributed by atoms with E-state index in [0.29, 0.717) is 18.9 Å². The highest BCUT2D eigenvalue weighted by atomic mass is 35.5. The van der Waals surface area contributed by atoms with Crippen LogP contribution in [-0.4, -0.2) is 34.9 Å². The highest BCUT2D eigenvalue weighted by molar-refractivity contribution is 7.09. The largest absolute Gasteiger partial charge is 0.338 e. The summed E-state index contributed by atoms with van der Waals surface area (Å²) < 4.78 is 0. The third kappa shape index (κ3) is 5.89. The number of amides is 1. The number of aromatic nitrogens is 1. The molecule has 2 unspecified atom stereocenters. The van der Waals surface area contributed by atoms with E-state index in [1.165, 1.54) is 0 Å². The van der Waals surface area contributed by atoms with Crippen LogP contribution < -0.4 is 5.73 Å². The normalized spacial score (nSPS) is 21.3. The Hall–Kier alpha value is -0.360. The van der Waals surface area contributed by atoms with Crippen molar-refractivity contribution >= 4 is 42.1 Å². The third-order valence-electron chi connectivity index (χ3n) is 4.10. The van der Waals surface area contributed by atoms with Crippen LogP contribution >= 0.6 is 36.2 Å². The van der Waals surface area contributed by atoms with Gasteiger partial charge in [0.1, 0.15) is 0 Å². The van der Waals surface area contributed by atoms with Gasteiger partial charge in [-0.25, -0.2) is 4.98 Å². The maximum Gasteiger partial charge on any atom is 0.228 e. The minimum atomic E-state index is 0. The Morgan fingerprint density at radius 1 is 1.43 bits per heavy atom. The van der Waals surface area contributed by atoms with E-state index >= 15 is 0 Å². The molecular weight excluding hydrogens is 353 g/mol. The van der Waals surface area contributed by atoms with Gasteiger partial charge in [-0.1, -0.05) is 27.7 Å². The van der Waals surface area contributed by atoms with Crippen LogP contribution in [0.4, 0.5) is 0 Å². The first-order valence-corrected chi connectivity index (χ1v) is 8.63. The van der Waals surface area contributed by atoms with Crippen LogP contribution in [-0.2, 0) is 16.6 Å². The van der Waals surface area contributed by atoms with Gasteiger partial charge in [-0.15, -0.1) is 36.2 Å². The fourth-order valence-corrected chi connectivity index (χ4v) is 3.70. The van der Waals surface area contributed by atoms with Gasteiger partial charge in [-0.05, 0) is 18.8 Å². The van der Waals surface area contributed by atoms with E-state index in [9.17, 15) is 4.79 Å². The van der Waals surface area contributed by atoms with Crippen molar-refractivity contribution in [1.29, 1.82) is 0 Å². The van der Waals surface area contributed by atoms with E-state index in [4.69, 9.17) is 5.73 Å². The van der Waals surface area contributed by atoms with E-state index < -0.39 is 0 Å². The van der Waals surface area contributed by atoms with Crippen LogP contribution in [0.15, 0.2) is 5.38 Å². The summed E-state index contributed by atoms with van der Waals surface area (Å²) in [5.41, 5.74) is 6.78. The zero-order valence-electron chi connectivity index (χ0n) is 14.4. The topological polar surface area (TPSA) is 59.2 Å². The molecular formula is C16H29Cl2N3OS. The molecule has 1 aliphatic rings. The Balaban J connectivity index is 0.00000242. The first-order chi connectivity index (χ1) is 9.81. The Morgan fingerprint density at radius 3 is 2.61 bits per heavy atom. The lowest BCUT2D eigenvalue weighted by molar-refractivity contribution is -0.134. The molecule has 1 aromatic rings. The smallest absolute Gasteiger partial charge is 0.228 e. The number of halogens is 2. The first kappa shape index (κ1) is 22.6. The second-order valence-corrected chi connectivity index (χ2v) is 8.04. The zero-order chi connectivity index (χ0) is 15.6. The number of likely N-dealkylation sites (tertiary alicyclic amines) is 1. The Morgan fingerprint density at radius 2 is 2.09 bits per heavy atom. The van der Waals surface area contributed by atoms with Gasteiger partial charge in [0.15, 0.2) is 0 Å². The minimum absolute atomic E-state index is 0. The highest BCUT2D eigenvalue weighted by Crippen LogP contribution is 2.27. The van der Waals surface area contributed by atoms with E-state index in [-0.39, 0.29) is 42.2 Å². The molecule has 0 aliphatic carbocycles. The van der Waals surface area contributed by atoms with Crippen LogP contribution in [0.5, 0.6) is 0 Å². The first-order valence-electron chi connectivity index (χ1n) is 7.75. The van der Waals surface area contributed by atoms with E-state index in [1.807, 2.05) is 10.3 Å². The molecule has 134 valence electrons.